The fourth-order valence-corrected chi connectivity index (χ4v) is 4.45. The van der Waals surface area contributed by atoms with Crippen molar-refractivity contribution in [3.63, 3.8) is 0 Å². The zero-order valence-corrected chi connectivity index (χ0v) is 11.2. The molecule has 2 saturated heterocycles. The van der Waals surface area contributed by atoms with Crippen LogP contribution < -0.4 is 5.32 Å². The molecule has 1 saturated carbocycles. The van der Waals surface area contributed by atoms with E-state index >= 15 is 0 Å². The van der Waals surface area contributed by atoms with Crippen LogP contribution in [-0.4, -0.2) is 36.6 Å². The second kappa shape index (κ2) is 5.71. The number of fused-ring (bicyclic) bond motifs is 1. The summed E-state index contributed by atoms with van der Waals surface area (Å²) < 4.78 is 0. The van der Waals surface area contributed by atoms with E-state index in [2.05, 4.69) is 10.2 Å². The van der Waals surface area contributed by atoms with Crippen LogP contribution in [0, 0.1) is 5.92 Å². The average molecular weight is 236 g/mol. The monoisotopic (exact) mass is 236 g/mol. The zero-order chi connectivity index (χ0) is 11.5. The van der Waals surface area contributed by atoms with E-state index in [1.54, 1.807) is 0 Å². The van der Waals surface area contributed by atoms with Gasteiger partial charge in [0.05, 0.1) is 0 Å². The smallest absolute Gasteiger partial charge is 0.0126 e. The minimum absolute atomic E-state index is 0.899. The molecule has 3 aliphatic rings. The highest BCUT2D eigenvalue weighted by Crippen LogP contribution is 2.37. The number of piperidine rings is 1. The molecule has 3 fully saturated rings. The van der Waals surface area contributed by atoms with Crippen molar-refractivity contribution in [2.24, 2.45) is 5.92 Å². The standard InChI is InChI=1S/C15H28N2/c1-2-8-15-13(5-1)6-4-12-17(15)14-7-3-10-16-11-9-14/h13-16H,1-12H2/t13-,14?,15-/m1/s1. The highest BCUT2D eigenvalue weighted by Gasteiger charge is 2.36. The molecule has 0 spiro atoms. The van der Waals surface area contributed by atoms with E-state index in [0.29, 0.717) is 0 Å². The molecule has 0 radical (unpaired) electrons. The summed E-state index contributed by atoms with van der Waals surface area (Å²) in [6.07, 6.45) is 13.2. The van der Waals surface area contributed by atoms with Gasteiger partial charge in [-0.3, -0.25) is 4.90 Å². The van der Waals surface area contributed by atoms with Gasteiger partial charge in [-0.2, -0.15) is 0 Å². The molecule has 98 valence electrons. The Labute approximate surface area is 106 Å². The van der Waals surface area contributed by atoms with Crippen molar-refractivity contribution in [1.82, 2.24) is 10.2 Å². The first-order valence-electron chi connectivity index (χ1n) is 7.91. The molecule has 0 bridgehead atoms. The molecule has 2 heteroatoms. The fraction of sp³-hybridized carbons (Fsp3) is 1.00. The van der Waals surface area contributed by atoms with E-state index < -0.39 is 0 Å². The molecule has 0 amide bonds. The van der Waals surface area contributed by atoms with Gasteiger partial charge in [-0.15, -0.1) is 0 Å². The van der Waals surface area contributed by atoms with E-state index in [1.807, 2.05) is 0 Å². The number of nitrogens with one attached hydrogen (secondary N) is 1. The van der Waals surface area contributed by atoms with Crippen molar-refractivity contribution in [3.8, 4) is 0 Å². The molecule has 0 aromatic rings. The normalized spacial score (nSPS) is 40.6. The second-order valence-corrected chi connectivity index (χ2v) is 6.33. The summed E-state index contributed by atoms with van der Waals surface area (Å²) in [6.45, 7) is 3.89. The van der Waals surface area contributed by atoms with Gasteiger partial charge in [0, 0.05) is 12.1 Å². The van der Waals surface area contributed by atoms with Gasteiger partial charge >= 0.3 is 0 Å². The topological polar surface area (TPSA) is 15.3 Å². The van der Waals surface area contributed by atoms with Crippen LogP contribution in [0.3, 0.4) is 0 Å². The first-order chi connectivity index (χ1) is 8.45. The Morgan fingerprint density at radius 3 is 2.65 bits per heavy atom. The maximum Gasteiger partial charge on any atom is 0.0126 e. The fourth-order valence-electron chi connectivity index (χ4n) is 4.45. The minimum Gasteiger partial charge on any atom is -0.317 e. The lowest BCUT2D eigenvalue weighted by Gasteiger charge is -2.47. The molecule has 2 aliphatic heterocycles. The predicted molar refractivity (Wildman–Crippen MR) is 72.2 cm³/mol. The highest BCUT2D eigenvalue weighted by atomic mass is 15.2. The molecular formula is C15H28N2. The SMILES string of the molecule is C1CNCCC(N2CCC[C@H]3CCCC[C@H]32)C1. The van der Waals surface area contributed by atoms with Crippen LogP contribution >= 0.6 is 0 Å². The molecule has 2 nitrogen and oxygen atoms in total. The summed E-state index contributed by atoms with van der Waals surface area (Å²) in [4.78, 5) is 2.93. The third-order valence-electron chi connectivity index (χ3n) is 5.30. The first-order valence-corrected chi connectivity index (χ1v) is 7.91. The number of rotatable bonds is 1. The van der Waals surface area contributed by atoms with Crippen LogP contribution in [0.15, 0.2) is 0 Å². The summed E-state index contributed by atoms with van der Waals surface area (Å²) in [5.74, 6) is 1.05. The zero-order valence-electron chi connectivity index (χ0n) is 11.2. The van der Waals surface area contributed by atoms with Crippen LogP contribution in [-0.2, 0) is 0 Å². The second-order valence-electron chi connectivity index (χ2n) is 6.33. The summed E-state index contributed by atoms with van der Waals surface area (Å²) in [5, 5.41) is 3.56. The van der Waals surface area contributed by atoms with Gasteiger partial charge in [0.15, 0.2) is 0 Å². The number of hydrogen-bond acceptors (Lipinski definition) is 2. The van der Waals surface area contributed by atoms with Crippen LogP contribution in [0.25, 0.3) is 0 Å². The Hall–Kier alpha value is -0.0800. The molecule has 2 heterocycles. The number of hydrogen-bond donors (Lipinski definition) is 1. The van der Waals surface area contributed by atoms with Gasteiger partial charge in [-0.1, -0.05) is 12.8 Å². The largest absolute Gasteiger partial charge is 0.317 e. The van der Waals surface area contributed by atoms with Crippen LogP contribution in [0.2, 0.25) is 0 Å². The van der Waals surface area contributed by atoms with Crippen LogP contribution in [0.1, 0.15) is 57.8 Å². The molecule has 1 unspecified atom stereocenters. The van der Waals surface area contributed by atoms with E-state index in [-0.39, 0.29) is 0 Å². The molecule has 17 heavy (non-hydrogen) atoms. The van der Waals surface area contributed by atoms with Crippen molar-refractivity contribution >= 4 is 0 Å². The number of nitrogens with zero attached hydrogens (tertiary/aromatic N) is 1. The summed E-state index contributed by atoms with van der Waals surface area (Å²) in [7, 11) is 0. The quantitative estimate of drug-likeness (QED) is 0.753. The molecule has 1 aliphatic carbocycles. The summed E-state index contributed by atoms with van der Waals surface area (Å²) in [6, 6.07) is 1.86. The number of likely N-dealkylation sites (tertiary alicyclic amines) is 1. The van der Waals surface area contributed by atoms with Crippen molar-refractivity contribution in [1.29, 1.82) is 0 Å². The van der Waals surface area contributed by atoms with Gasteiger partial charge in [0.25, 0.3) is 0 Å². The molecular weight excluding hydrogens is 208 g/mol. The van der Waals surface area contributed by atoms with Gasteiger partial charge in [0.2, 0.25) is 0 Å². The highest BCUT2D eigenvalue weighted by molar-refractivity contribution is 4.91. The lowest BCUT2D eigenvalue weighted by Crippen LogP contribution is -2.51. The van der Waals surface area contributed by atoms with Gasteiger partial charge < -0.3 is 5.32 Å². The van der Waals surface area contributed by atoms with Crippen LogP contribution in [0.5, 0.6) is 0 Å². The van der Waals surface area contributed by atoms with Crippen molar-refractivity contribution in [2.75, 3.05) is 19.6 Å². The van der Waals surface area contributed by atoms with E-state index in [1.165, 1.54) is 77.4 Å². The van der Waals surface area contributed by atoms with Gasteiger partial charge in [0.1, 0.15) is 0 Å². The molecule has 3 atom stereocenters. The predicted octanol–water partition coefficient (Wildman–Crippen LogP) is 2.78. The molecule has 1 N–H and O–H groups in total. The van der Waals surface area contributed by atoms with E-state index in [4.69, 9.17) is 0 Å². The maximum absolute atomic E-state index is 3.56. The Kier molecular flexibility index (Phi) is 4.02. The van der Waals surface area contributed by atoms with Gasteiger partial charge in [-0.05, 0) is 70.5 Å². The van der Waals surface area contributed by atoms with E-state index in [9.17, 15) is 0 Å². The Balaban J connectivity index is 1.66. The third-order valence-corrected chi connectivity index (χ3v) is 5.30. The van der Waals surface area contributed by atoms with Crippen molar-refractivity contribution in [3.05, 3.63) is 0 Å². The third kappa shape index (κ3) is 2.68. The minimum atomic E-state index is 0.899. The lowest BCUT2D eigenvalue weighted by atomic mass is 9.77. The molecule has 3 rings (SSSR count). The summed E-state index contributed by atoms with van der Waals surface area (Å²) in [5.41, 5.74) is 0. The Morgan fingerprint density at radius 1 is 0.765 bits per heavy atom. The Bertz CT molecular complexity index is 231. The van der Waals surface area contributed by atoms with E-state index in [0.717, 1.165) is 18.0 Å². The van der Waals surface area contributed by atoms with Crippen molar-refractivity contribution < 1.29 is 0 Å². The van der Waals surface area contributed by atoms with Crippen molar-refractivity contribution in [2.45, 2.75) is 69.9 Å². The average Bonchev–Trinajstić information content (AvgIpc) is 2.67. The molecule has 0 aromatic carbocycles. The van der Waals surface area contributed by atoms with Crippen LogP contribution in [0.4, 0.5) is 0 Å². The van der Waals surface area contributed by atoms with Gasteiger partial charge in [-0.25, -0.2) is 0 Å². The summed E-state index contributed by atoms with van der Waals surface area (Å²) >= 11 is 0. The Morgan fingerprint density at radius 2 is 1.65 bits per heavy atom. The molecule has 0 aromatic heterocycles. The maximum atomic E-state index is 3.56. The first kappa shape index (κ1) is 12.0. The lowest BCUT2D eigenvalue weighted by molar-refractivity contribution is 0.0216.